The van der Waals surface area contributed by atoms with Gasteiger partial charge in [0.25, 0.3) is 5.91 Å². The number of aromatic nitrogens is 1. The smallest absolute Gasteiger partial charge is 0.252 e. The molecule has 1 aliphatic rings. The maximum absolute atomic E-state index is 12.4. The van der Waals surface area contributed by atoms with Crippen molar-refractivity contribution in [3.8, 4) is 12.3 Å². The first-order valence-electron chi connectivity index (χ1n) is 8.33. The summed E-state index contributed by atoms with van der Waals surface area (Å²) in [6, 6.07) is 2.60. The predicted molar refractivity (Wildman–Crippen MR) is 93.6 cm³/mol. The van der Waals surface area contributed by atoms with Gasteiger partial charge in [-0.15, -0.1) is 12.3 Å². The maximum Gasteiger partial charge on any atom is 0.252 e. The van der Waals surface area contributed by atoms with Gasteiger partial charge in [0.2, 0.25) is 5.91 Å². The Morgan fingerprint density at radius 1 is 1.24 bits per heavy atom. The highest BCUT2D eigenvalue weighted by Crippen LogP contribution is 2.36. The van der Waals surface area contributed by atoms with Crippen LogP contribution in [0.15, 0.2) is 34.8 Å². The molecule has 0 spiro atoms. The van der Waals surface area contributed by atoms with Gasteiger partial charge in [0.05, 0.1) is 0 Å². The molecule has 0 radical (unpaired) electrons. The minimum atomic E-state index is -0.615. The standard InChI is InChI=1S/C18H23N5O2/c1-4-5-8-18(22-23-18)9-12-20-17(25)15(13(2)3)21-16(24)14-6-10-19-11-7-14/h1,6-7,10-11,13,15H,5,8-9,12H2,2-3H3,(H,20,25)(H,21,24). The topological polar surface area (TPSA) is 95.8 Å². The summed E-state index contributed by atoms with van der Waals surface area (Å²) in [6.07, 6.45) is 10.3. The lowest BCUT2D eigenvalue weighted by Gasteiger charge is -2.22. The zero-order chi connectivity index (χ0) is 18.3. The third-order valence-corrected chi connectivity index (χ3v) is 4.06. The molecule has 1 aliphatic heterocycles. The molecule has 2 amide bonds. The third kappa shape index (κ3) is 5.38. The molecule has 1 aromatic rings. The summed E-state index contributed by atoms with van der Waals surface area (Å²) in [6.45, 7) is 4.21. The van der Waals surface area contributed by atoms with Gasteiger partial charge in [-0.2, -0.15) is 10.2 Å². The van der Waals surface area contributed by atoms with E-state index in [1.54, 1.807) is 12.1 Å². The number of carbonyl (C=O) groups is 2. The lowest BCUT2D eigenvalue weighted by Crippen LogP contribution is -2.50. The van der Waals surface area contributed by atoms with Gasteiger partial charge < -0.3 is 10.6 Å². The van der Waals surface area contributed by atoms with Crippen LogP contribution >= 0.6 is 0 Å². The van der Waals surface area contributed by atoms with Crippen LogP contribution in [0.4, 0.5) is 0 Å². The lowest BCUT2D eigenvalue weighted by atomic mass is 10.0. The molecule has 0 aromatic carbocycles. The summed E-state index contributed by atoms with van der Waals surface area (Å²) < 4.78 is 0. The second kappa shape index (κ2) is 8.38. The van der Waals surface area contributed by atoms with E-state index >= 15 is 0 Å². The maximum atomic E-state index is 12.4. The number of hydrogen-bond donors (Lipinski definition) is 2. The van der Waals surface area contributed by atoms with Crippen LogP contribution in [0.1, 0.15) is 43.5 Å². The van der Waals surface area contributed by atoms with Crippen LogP contribution in [0.5, 0.6) is 0 Å². The molecule has 7 nitrogen and oxygen atoms in total. The Balaban J connectivity index is 1.84. The fraction of sp³-hybridized carbons (Fsp3) is 0.500. The number of hydrogen-bond acceptors (Lipinski definition) is 5. The van der Waals surface area contributed by atoms with E-state index in [0.29, 0.717) is 31.4 Å². The first kappa shape index (κ1) is 18.6. The van der Waals surface area contributed by atoms with E-state index in [0.717, 1.165) is 0 Å². The zero-order valence-corrected chi connectivity index (χ0v) is 14.5. The fourth-order valence-electron chi connectivity index (χ4n) is 2.43. The van der Waals surface area contributed by atoms with Gasteiger partial charge in [0.1, 0.15) is 6.04 Å². The first-order chi connectivity index (χ1) is 12.0. The molecule has 0 saturated heterocycles. The van der Waals surface area contributed by atoms with Gasteiger partial charge in [0.15, 0.2) is 5.66 Å². The highest BCUT2D eigenvalue weighted by Gasteiger charge is 2.38. The summed E-state index contributed by atoms with van der Waals surface area (Å²) in [7, 11) is 0. The summed E-state index contributed by atoms with van der Waals surface area (Å²) in [4.78, 5) is 28.6. The van der Waals surface area contributed by atoms with Crippen molar-refractivity contribution in [3.63, 3.8) is 0 Å². The summed E-state index contributed by atoms with van der Waals surface area (Å²) in [5.41, 5.74) is 0.0463. The van der Waals surface area contributed by atoms with Crippen LogP contribution in [0, 0.1) is 18.3 Å². The van der Waals surface area contributed by atoms with Gasteiger partial charge >= 0.3 is 0 Å². The molecule has 0 fully saturated rings. The van der Waals surface area contributed by atoms with Crippen molar-refractivity contribution in [2.45, 2.75) is 44.8 Å². The normalized spacial score (nSPS) is 15.3. The number of pyridine rings is 1. The van der Waals surface area contributed by atoms with Crippen molar-refractivity contribution < 1.29 is 9.59 Å². The molecule has 1 aromatic heterocycles. The van der Waals surface area contributed by atoms with Gasteiger partial charge in [-0.25, -0.2) is 0 Å². The van der Waals surface area contributed by atoms with Crippen LogP contribution in [-0.2, 0) is 4.79 Å². The Morgan fingerprint density at radius 3 is 2.48 bits per heavy atom. The number of amides is 2. The Kier molecular flexibility index (Phi) is 6.23. The Morgan fingerprint density at radius 2 is 1.92 bits per heavy atom. The first-order valence-corrected chi connectivity index (χ1v) is 8.33. The molecule has 7 heteroatoms. The molecular weight excluding hydrogens is 318 g/mol. The minimum Gasteiger partial charge on any atom is -0.354 e. The molecule has 25 heavy (non-hydrogen) atoms. The second-order valence-electron chi connectivity index (χ2n) is 6.36. The molecule has 132 valence electrons. The molecule has 1 atom stereocenters. The van der Waals surface area contributed by atoms with E-state index in [4.69, 9.17) is 6.42 Å². The Hall–Kier alpha value is -2.75. The van der Waals surface area contributed by atoms with Crippen molar-refractivity contribution in [3.05, 3.63) is 30.1 Å². The molecule has 0 bridgehead atoms. The largest absolute Gasteiger partial charge is 0.354 e. The van der Waals surface area contributed by atoms with E-state index in [1.807, 2.05) is 13.8 Å². The Bertz CT molecular complexity index is 672. The quantitative estimate of drug-likeness (QED) is 0.672. The van der Waals surface area contributed by atoms with Gasteiger partial charge in [-0.1, -0.05) is 13.8 Å². The molecule has 1 unspecified atom stereocenters. The summed E-state index contributed by atoms with van der Waals surface area (Å²) >= 11 is 0. The van der Waals surface area contributed by atoms with Crippen LogP contribution in [0.2, 0.25) is 0 Å². The highest BCUT2D eigenvalue weighted by molar-refractivity contribution is 5.97. The van der Waals surface area contributed by atoms with Gasteiger partial charge in [-0.05, 0) is 18.1 Å². The van der Waals surface area contributed by atoms with Crippen LogP contribution in [0.25, 0.3) is 0 Å². The van der Waals surface area contributed by atoms with Gasteiger partial charge in [0, 0.05) is 43.8 Å². The SMILES string of the molecule is C#CCCC1(CCNC(=O)C(NC(=O)c2ccncc2)C(C)C)N=N1. The van der Waals surface area contributed by atoms with Crippen molar-refractivity contribution in [1.82, 2.24) is 15.6 Å². The zero-order valence-electron chi connectivity index (χ0n) is 14.5. The number of nitrogens with one attached hydrogen (secondary N) is 2. The third-order valence-electron chi connectivity index (χ3n) is 4.06. The average Bonchev–Trinajstić information content (AvgIpc) is 3.38. The van der Waals surface area contributed by atoms with Crippen LogP contribution in [0.3, 0.4) is 0 Å². The number of terminal acetylenes is 1. The molecule has 2 heterocycles. The van der Waals surface area contributed by atoms with E-state index in [2.05, 4.69) is 31.8 Å². The van der Waals surface area contributed by atoms with E-state index in [9.17, 15) is 9.59 Å². The average molecular weight is 341 g/mol. The van der Waals surface area contributed by atoms with Crippen LogP contribution in [-0.4, -0.2) is 35.0 Å². The summed E-state index contributed by atoms with van der Waals surface area (Å²) in [5, 5.41) is 13.7. The molecule has 2 N–H and O–H groups in total. The van der Waals surface area contributed by atoms with E-state index < -0.39 is 11.7 Å². The van der Waals surface area contributed by atoms with Gasteiger partial charge in [-0.3, -0.25) is 14.6 Å². The molecule has 0 aliphatic carbocycles. The van der Waals surface area contributed by atoms with Crippen molar-refractivity contribution in [2.24, 2.45) is 16.1 Å². The molecular formula is C18H23N5O2. The van der Waals surface area contributed by atoms with Crippen LogP contribution < -0.4 is 10.6 Å². The lowest BCUT2D eigenvalue weighted by molar-refractivity contribution is -0.123. The minimum absolute atomic E-state index is 0.0449. The highest BCUT2D eigenvalue weighted by atomic mass is 16.2. The fourth-order valence-corrected chi connectivity index (χ4v) is 2.43. The second-order valence-corrected chi connectivity index (χ2v) is 6.36. The van der Waals surface area contributed by atoms with Crippen molar-refractivity contribution in [2.75, 3.05) is 6.54 Å². The molecule has 2 rings (SSSR count). The van der Waals surface area contributed by atoms with E-state index in [-0.39, 0.29) is 17.7 Å². The van der Waals surface area contributed by atoms with Crippen molar-refractivity contribution >= 4 is 11.8 Å². The number of rotatable bonds is 9. The Labute approximate surface area is 147 Å². The van der Waals surface area contributed by atoms with Crippen molar-refractivity contribution in [1.29, 1.82) is 0 Å². The molecule has 0 saturated carbocycles. The number of nitrogens with zero attached hydrogens (tertiary/aromatic N) is 3. The monoisotopic (exact) mass is 341 g/mol. The summed E-state index contributed by atoms with van der Waals surface area (Å²) in [5.74, 6) is 2.01. The van der Waals surface area contributed by atoms with E-state index in [1.165, 1.54) is 12.4 Å². The number of carbonyl (C=O) groups excluding carboxylic acids is 2. The predicted octanol–water partition coefficient (Wildman–Crippen LogP) is 1.92.